The van der Waals surface area contributed by atoms with E-state index in [2.05, 4.69) is 30.0 Å². The van der Waals surface area contributed by atoms with E-state index in [1.54, 1.807) is 14.2 Å². The van der Waals surface area contributed by atoms with E-state index in [9.17, 15) is 4.79 Å². The number of hydrogen-bond acceptors (Lipinski definition) is 5. The number of nitrogens with zero attached hydrogens (tertiary/aromatic N) is 2. The molecule has 1 fully saturated rings. The van der Waals surface area contributed by atoms with Gasteiger partial charge in [-0.25, -0.2) is 0 Å². The average Bonchev–Trinajstić information content (AvgIpc) is 2.85. The van der Waals surface area contributed by atoms with Gasteiger partial charge in [0.25, 0.3) is 5.91 Å². The zero-order valence-corrected chi connectivity index (χ0v) is 20.8. The molecule has 0 aliphatic carbocycles. The molecule has 2 aliphatic rings. The van der Waals surface area contributed by atoms with E-state index in [1.165, 1.54) is 5.56 Å². The van der Waals surface area contributed by atoms with Gasteiger partial charge in [0.15, 0.2) is 0 Å². The highest BCUT2D eigenvalue weighted by molar-refractivity contribution is 5.95. The van der Waals surface area contributed by atoms with Gasteiger partial charge in [-0.2, -0.15) is 0 Å². The maximum absolute atomic E-state index is 13.4. The lowest BCUT2D eigenvalue weighted by molar-refractivity contribution is -0.0156. The number of para-hydroxylation sites is 1. The van der Waals surface area contributed by atoms with Gasteiger partial charge >= 0.3 is 0 Å². The third kappa shape index (κ3) is 5.73. The summed E-state index contributed by atoms with van der Waals surface area (Å²) in [4.78, 5) is 17.9. The zero-order chi connectivity index (χ0) is 23.9. The third-order valence-electron chi connectivity index (χ3n) is 7.15. The summed E-state index contributed by atoms with van der Waals surface area (Å²) in [5.41, 5.74) is 3.05. The molecule has 34 heavy (non-hydrogen) atoms. The van der Waals surface area contributed by atoms with E-state index in [4.69, 9.17) is 14.2 Å². The van der Waals surface area contributed by atoms with Crippen molar-refractivity contribution in [1.82, 2.24) is 9.80 Å². The SMILES string of the molecule is COc1c(C)cccc1CN1CCCC[C@@H]2[C@H](OC)CCCN2C(=O)c2cccc(c2)OCC1. The van der Waals surface area contributed by atoms with E-state index in [0.29, 0.717) is 12.2 Å². The number of methoxy groups -OCH3 is 2. The molecule has 1 saturated heterocycles. The first kappa shape index (κ1) is 24.6. The van der Waals surface area contributed by atoms with E-state index < -0.39 is 0 Å². The smallest absolute Gasteiger partial charge is 0.254 e. The van der Waals surface area contributed by atoms with E-state index in [0.717, 1.165) is 75.3 Å². The molecular weight excluding hydrogens is 428 g/mol. The van der Waals surface area contributed by atoms with Crippen LogP contribution in [0, 0.1) is 6.92 Å². The summed E-state index contributed by atoms with van der Waals surface area (Å²) in [6.07, 6.45) is 5.15. The maximum Gasteiger partial charge on any atom is 0.254 e. The molecule has 6 heteroatoms. The molecule has 6 nitrogen and oxygen atoms in total. The lowest BCUT2D eigenvalue weighted by atomic mass is 9.93. The third-order valence-corrected chi connectivity index (χ3v) is 7.15. The average molecular weight is 467 g/mol. The number of ether oxygens (including phenoxy) is 3. The van der Waals surface area contributed by atoms with Gasteiger partial charge in [0.1, 0.15) is 18.1 Å². The van der Waals surface area contributed by atoms with Crippen molar-refractivity contribution >= 4 is 5.91 Å². The van der Waals surface area contributed by atoms with Crippen LogP contribution < -0.4 is 9.47 Å². The molecule has 2 aromatic carbocycles. The summed E-state index contributed by atoms with van der Waals surface area (Å²) in [6, 6.07) is 14.1. The second kappa shape index (κ2) is 11.7. The van der Waals surface area contributed by atoms with Gasteiger partial charge in [0.05, 0.1) is 19.3 Å². The Labute approximate surface area is 203 Å². The molecule has 2 atom stereocenters. The molecule has 2 bridgehead atoms. The lowest BCUT2D eigenvalue weighted by Gasteiger charge is -2.41. The Morgan fingerprint density at radius 2 is 1.85 bits per heavy atom. The molecule has 0 spiro atoms. The molecule has 2 aromatic rings. The standard InChI is InChI=1S/C28H38N2O4/c1-21-9-6-11-23(27(21)33-3)20-29-15-5-4-13-25-26(32-2)14-8-16-30(25)28(31)22-10-7-12-24(19-22)34-18-17-29/h6-7,9-12,19,25-26H,4-5,8,13-18,20H2,1-3H3/t25-,26-/m1/s1. The fourth-order valence-electron chi connectivity index (χ4n) is 5.40. The van der Waals surface area contributed by atoms with Gasteiger partial charge in [-0.05, 0) is 62.9 Å². The molecule has 1 amide bonds. The van der Waals surface area contributed by atoms with Crippen molar-refractivity contribution in [2.75, 3.05) is 40.5 Å². The van der Waals surface area contributed by atoms with Crippen LogP contribution >= 0.6 is 0 Å². The van der Waals surface area contributed by atoms with Crippen LogP contribution in [0.15, 0.2) is 42.5 Å². The molecule has 0 aromatic heterocycles. The Bertz CT molecular complexity index is 963. The van der Waals surface area contributed by atoms with Gasteiger partial charge in [0.2, 0.25) is 0 Å². The minimum absolute atomic E-state index is 0.0856. The number of carbonyl (C=O) groups excluding carboxylic acids is 1. The Hall–Kier alpha value is -2.57. The molecule has 2 aliphatic heterocycles. The monoisotopic (exact) mass is 466 g/mol. The van der Waals surface area contributed by atoms with Crippen molar-refractivity contribution in [3.05, 3.63) is 59.2 Å². The number of carbonyl (C=O) groups is 1. The highest BCUT2D eigenvalue weighted by Gasteiger charge is 2.34. The molecule has 4 rings (SSSR count). The first-order valence-electron chi connectivity index (χ1n) is 12.5. The summed E-state index contributed by atoms with van der Waals surface area (Å²) in [7, 11) is 3.52. The normalized spacial score (nSPS) is 22.4. The summed E-state index contributed by atoms with van der Waals surface area (Å²) in [5.74, 6) is 1.80. The molecular formula is C28H38N2O4. The van der Waals surface area contributed by atoms with Gasteiger partial charge < -0.3 is 19.1 Å². The van der Waals surface area contributed by atoms with Gasteiger partial charge in [0, 0.05) is 37.9 Å². The quantitative estimate of drug-likeness (QED) is 0.654. The summed E-state index contributed by atoms with van der Waals surface area (Å²) in [5, 5.41) is 0. The topological polar surface area (TPSA) is 51.2 Å². The number of hydrogen-bond donors (Lipinski definition) is 0. The van der Waals surface area contributed by atoms with Gasteiger partial charge in [-0.1, -0.05) is 30.7 Å². The first-order chi connectivity index (χ1) is 16.6. The predicted molar refractivity (Wildman–Crippen MR) is 134 cm³/mol. The Morgan fingerprint density at radius 1 is 1.00 bits per heavy atom. The highest BCUT2D eigenvalue weighted by atomic mass is 16.5. The first-order valence-corrected chi connectivity index (χ1v) is 12.5. The number of piperidine rings is 1. The number of rotatable bonds is 4. The van der Waals surface area contributed by atoms with E-state index in [-0.39, 0.29) is 18.1 Å². The largest absolute Gasteiger partial charge is 0.496 e. The number of fused-ring (bicyclic) bond motifs is 3. The van der Waals surface area contributed by atoms with Crippen LogP contribution in [0.4, 0.5) is 0 Å². The second-order valence-electron chi connectivity index (χ2n) is 9.40. The minimum atomic E-state index is 0.0856. The molecule has 2 heterocycles. The van der Waals surface area contributed by atoms with Crippen LogP contribution in [0.25, 0.3) is 0 Å². The number of benzene rings is 2. The van der Waals surface area contributed by atoms with Gasteiger partial charge in [-0.3, -0.25) is 9.69 Å². The Morgan fingerprint density at radius 3 is 2.68 bits per heavy atom. The zero-order valence-electron chi connectivity index (χ0n) is 20.8. The summed E-state index contributed by atoms with van der Waals surface area (Å²) in [6.45, 7) is 6.05. The minimum Gasteiger partial charge on any atom is -0.496 e. The maximum atomic E-state index is 13.4. The van der Waals surface area contributed by atoms with E-state index >= 15 is 0 Å². The van der Waals surface area contributed by atoms with Crippen LogP contribution in [-0.2, 0) is 11.3 Å². The molecule has 0 N–H and O–H groups in total. The fraction of sp³-hybridized carbons (Fsp3) is 0.536. The van der Waals surface area contributed by atoms with Crippen molar-refractivity contribution < 1.29 is 19.0 Å². The van der Waals surface area contributed by atoms with Crippen molar-refractivity contribution in [1.29, 1.82) is 0 Å². The summed E-state index contributed by atoms with van der Waals surface area (Å²) < 4.78 is 17.6. The summed E-state index contributed by atoms with van der Waals surface area (Å²) >= 11 is 0. The fourth-order valence-corrected chi connectivity index (χ4v) is 5.40. The molecule has 184 valence electrons. The highest BCUT2D eigenvalue weighted by Crippen LogP contribution is 2.28. The molecule has 0 unspecified atom stereocenters. The van der Waals surface area contributed by atoms with Gasteiger partial charge in [-0.15, -0.1) is 0 Å². The van der Waals surface area contributed by atoms with Crippen molar-refractivity contribution in [2.24, 2.45) is 0 Å². The Balaban J connectivity index is 1.55. The molecule has 0 radical (unpaired) electrons. The lowest BCUT2D eigenvalue weighted by Crippen LogP contribution is -2.51. The van der Waals surface area contributed by atoms with Crippen molar-refractivity contribution in [3.63, 3.8) is 0 Å². The van der Waals surface area contributed by atoms with Crippen LogP contribution in [0.5, 0.6) is 11.5 Å². The van der Waals surface area contributed by atoms with Crippen LogP contribution in [0.2, 0.25) is 0 Å². The predicted octanol–water partition coefficient (Wildman–Crippen LogP) is 4.69. The van der Waals surface area contributed by atoms with Crippen molar-refractivity contribution in [2.45, 2.75) is 57.7 Å². The number of aryl methyl sites for hydroxylation is 1. The van der Waals surface area contributed by atoms with E-state index in [1.807, 2.05) is 29.2 Å². The van der Waals surface area contributed by atoms with Crippen LogP contribution in [0.3, 0.4) is 0 Å². The van der Waals surface area contributed by atoms with Crippen molar-refractivity contribution in [3.8, 4) is 11.5 Å². The Kier molecular flexibility index (Phi) is 8.46. The second-order valence-corrected chi connectivity index (χ2v) is 9.40. The van der Waals surface area contributed by atoms with Crippen LogP contribution in [0.1, 0.15) is 53.6 Å². The van der Waals surface area contributed by atoms with Crippen LogP contribution in [-0.4, -0.2) is 68.3 Å². The molecule has 0 saturated carbocycles. The number of amides is 1.